The van der Waals surface area contributed by atoms with Crippen LogP contribution in [0.1, 0.15) is 47.8 Å². The number of nitro benzene ring substituents is 2. The molecule has 170 valence electrons. The molecule has 3 aromatic carbocycles. The summed E-state index contributed by atoms with van der Waals surface area (Å²) in [4.78, 5) is 60.0. The zero-order valence-electron chi connectivity index (χ0n) is 17.5. The third-order valence-electron chi connectivity index (χ3n) is 5.30. The van der Waals surface area contributed by atoms with Crippen LogP contribution in [0.25, 0.3) is 0 Å². The number of methoxy groups -OCH3 is 1. The van der Waals surface area contributed by atoms with Crippen molar-refractivity contribution in [3.8, 4) is 5.75 Å². The highest BCUT2D eigenvalue weighted by molar-refractivity contribution is 6.30. The standard InChI is InChI=1S/C23H14N2O9/c1-33-18-9-6-13(24(29)30)10-12(18)11-34-23(28)17-8-7-16-19(20(17)25(31)32)22(27)15-5-3-2-4-14(15)21(16)26/h2-10H,11H2,1H3. The largest absolute Gasteiger partial charge is 0.496 e. The Balaban J connectivity index is 1.73. The van der Waals surface area contributed by atoms with Crippen molar-refractivity contribution < 1.29 is 33.7 Å². The number of esters is 1. The van der Waals surface area contributed by atoms with Crippen LogP contribution < -0.4 is 4.74 Å². The molecule has 0 spiro atoms. The van der Waals surface area contributed by atoms with E-state index in [1.165, 1.54) is 43.5 Å². The van der Waals surface area contributed by atoms with Crippen molar-refractivity contribution in [1.82, 2.24) is 0 Å². The molecule has 34 heavy (non-hydrogen) atoms. The van der Waals surface area contributed by atoms with Gasteiger partial charge in [-0.25, -0.2) is 4.79 Å². The second kappa shape index (κ2) is 8.54. The van der Waals surface area contributed by atoms with E-state index in [1.54, 1.807) is 6.07 Å². The van der Waals surface area contributed by atoms with Gasteiger partial charge in [-0.2, -0.15) is 0 Å². The van der Waals surface area contributed by atoms with E-state index in [-0.39, 0.29) is 33.7 Å². The van der Waals surface area contributed by atoms with Crippen LogP contribution in [0.15, 0.2) is 54.6 Å². The number of carbonyl (C=O) groups excluding carboxylic acids is 3. The number of hydrogen-bond donors (Lipinski definition) is 0. The van der Waals surface area contributed by atoms with Gasteiger partial charge in [0.05, 0.1) is 17.0 Å². The minimum absolute atomic E-state index is 0.00468. The van der Waals surface area contributed by atoms with Crippen LogP contribution in [0.2, 0.25) is 0 Å². The van der Waals surface area contributed by atoms with Gasteiger partial charge >= 0.3 is 5.97 Å². The molecule has 0 heterocycles. The van der Waals surface area contributed by atoms with Gasteiger partial charge in [-0.3, -0.25) is 29.8 Å². The van der Waals surface area contributed by atoms with Crippen LogP contribution in [0.4, 0.5) is 11.4 Å². The van der Waals surface area contributed by atoms with E-state index in [9.17, 15) is 34.6 Å². The first-order chi connectivity index (χ1) is 16.2. The number of nitrogens with zero attached hydrogens (tertiary/aromatic N) is 2. The van der Waals surface area contributed by atoms with Gasteiger partial charge in [0.1, 0.15) is 23.5 Å². The predicted molar refractivity (Wildman–Crippen MR) is 115 cm³/mol. The topological polar surface area (TPSA) is 156 Å². The number of fused-ring (bicyclic) bond motifs is 2. The molecule has 0 amide bonds. The lowest BCUT2D eigenvalue weighted by atomic mass is 9.82. The SMILES string of the molecule is COc1ccc([N+](=O)[O-])cc1COC(=O)c1ccc2c(c1[N+](=O)[O-])C(=O)c1ccccc1C2=O. The molecule has 1 aliphatic carbocycles. The monoisotopic (exact) mass is 462 g/mol. The molecule has 0 fully saturated rings. The van der Waals surface area contributed by atoms with Crippen LogP contribution in [0.3, 0.4) is 0 Å². The fraction of sp³-hybridized carbons (Fsp3) is 0.0870. The average Bonchev–Trinajstić information content (AvgIpc) is 2.84. The van der Waals surface area contributed by atoms with Crippen molar-refractivity contribution in [2.75, 3.05) is 7.11 Å². The number of rotatable bonds is 6. The minimum Gasteiger partial charge on any atom is -0.496 e. The summed E-state index contributed by atoms with van der Waals surface area (Å²) in [6, 6.07) is 11.8. The molecule has 0 bridgehead atoms. The summed E-state index contributed by atoms with van der Waals surface area (Å²) in [5.74, 6) is -2.28. The Hall–Kier alpha value is -4.93. The molecule has 0 saturated heterocycles. The normalized spacial score (nSPS) is 11.9. The Kier molecular flexibility index (Phi) is 5.60. The average molecular weight is 462 g/mol. The Bertz CT molecular complexity index is 1410. The smallest absolute Gasteiger partial charge is 0.345 e. The van der Waals surface area contributed by atoms with Gasteiger partial charge in [-0.1, -0.05) is 24.3 Å². The molecule has 11 heteroatoms. The number of ketones is 2. The first-order valence-corrected chi connectivity index (χ1v) is 9.72. The van der Waals surface area contributed by atoms with E-state index in [0.717, 1.165) is 12.1 Å². The van der Waals surface area contributed by atoms with Crippen molar-refractivity contribution >= 4 is 28.9 Å². The van der Waals surface area contributed by atoms with Crippen LogP contribution in [-0.4, -0.2) is 34.5 Å². The highest BCUT2D eigenvalue weighted by Crippen LogP contribution is 2.36. The molecule has 0 radical (unpaired) electrons. The Morgan fingerprint density at radius 3 is 2.18 bits per heavy atom. The summed E-state index contributed by atoms with van der Waals surface area (Å²) in [5, 5.41) is 22.9. The fourth-order valence-corrected chi connectivity index (χ4v) is 3.74. The van der Waals surface area contributed by atoms with Crippen molar-refractivity contribution in [3.05, 3.63) is 108 Å². The van der Waals surface area contributed by atoms with E-state index in [1.807, 2.05) is 0 Å². The van der Waals surface area contributed by atoms with E-state index < -0.39 is 50.8 Å². The summed E-state index contributed by atoms with van der Waals surface area (Å²) in [6.07, 6.45) is 0. The second-order valence-electron chi connectivity index (χ2n) is 7.17. The number of non-ortho nitro benzene ring substituents is 1. The van der Waals surface area contributed by atoms with E-state index in [0.29, 0.717) is 0 Å². The predicted octanol–water partition coefficient (Wildman–Crippen LogP) is 3.64. The highest BCUT2D eigenvalue weighted by Gasteiger charge is 2.39. The van der Waals surface area contributed by atoms with Crippen molar-refractivity contribution in [2.45, 2.75) is 6.61 Å². The van der Waals surface area contributed by atoms with Gasteiger partial charge in [-0.15, -0.1) is 0 Å². The van der Waals surface area contributed by atoms with Crippen LogP contribution in [0, 0.1) is 20.2 Å². The Morgan fingerprint density at radius 1 is 0.882 bits per heavy atom. The Labute approximate surface area is 190 Å². The van der Waals surface area contributed by atoms with Crippen molar-refractivity contribution in [3.63, 3.8) is 0 Å². The summed E-state index contributed by atoms with van der Waals surface area (Å²) >= 11 is 0. The maximum atomic E-state index is 13.0. The van der Waals surface area contributed by atoms with E-state index in [2.05, 4.69) is 0 Å². The molecule has 0 aromatic heterocycles. The first kappa shape index (κ1) is 22.3. The number of benzene rings is 3. The van der Waals surface area contributed by atoms with Crippen molar-refractivity contribution in [2.24, 2.45) is 0 Å². The lowest BCUT2D eigenvalue weighted by molar-refractivity contribution is -0.385. The van der Waals surface area contributed by atoms with Crippen LogP contribution in [0.5, 0.6) is 5.75 Å². The summed E-state index contributed by atoms with van der Waals surface area (Å²) < 4.78 is 10.3. The molecular formula is C23H14N2O9. The summed E-state index contributed by atoms with van der Waals surface area (Å²) in [5.41, 5.74) is -2.06. The fourth-order valence-electron chi connectivity index (χ4n) is 3.74. The highest BCUT2D eigenvalue weighted by atomic mass is 16.6. The number of hydrogen-bond acceptors (Lipinski definition) is 9. The number of nitro groups is 2. The molecule has 0 aliphatic heterocycles. The molecule has 0 saturated carbocycles. The van der Waals surface area contributed by atoms with Gasteiger partial charge in [-0.05, 0) is 18.2 Å². The van der Waals surface area contributed by atoms with E-state index >= 15 is 0 Å². The minimum atomic E-state index is -1.15. The van der Waals surface area contributed by atoms with Gasteiger partial charge < -0.3 is 9.47 Å². The van der Waals surface area contributed by atoms with Crippen molar-refractivity contribution in [1.29, 1.82) is 0 Å². The molecule has 0 unspecified atom stereocenters. The maximum Gasteiger partial charge on any atom is 0.345 e. The molecule has 4 rings (SSSR count). The maximum absolute atomic E-state index is 13.0. The van der Waals surface area contributed by atoms with Gasteiger partial charge in [0.15, 0.2) is 5.78 Å². The third kappa shape index (κ3) is 3.64. The lowest BCUT2D eigenvalue weighted by Crippen LogP contribution is -2.23. The zero-order valence-corrected chi connectivity index (χ0v) is 17.5. The summed E-state index contributed by atoms with van der Waals surface area (Å²) in [6.45, 7) is -0.492. The molecule has 0 N–H and O–H groups in total. The lowest BCUT2D eigenvalue weighted by Gasteiger charge is -2.18. The van der Waals surface area contributed by atoms with Gasteiger partial charge in [0.25, 0.3) is 11.4 Å². The second-order valence-corrected chi connectivity index (χ2v) is 7.17. The molecule has 1 aliphatic rings. The van der Waals surface area contributed by atoms with Gasteiger partial charge in [0.2, 0.25) is 5.78 Å². The van der Waals surface area contributed by atoms with E-state index in [4.69, 9.17) is 9.47 Å². The molecule has 3 aromatic rings. The zero-order chi connectivity index (χ0) is 24.6. The third-order valence-corrected chi connectivity index (χ3v) is 5.30. The first-order valence-electron chi connectivity index (χ1n) is 9.72. The quantitative estimate of drug-likeness (QED) is 0.237. The van der Waals surface area contributed by atoms with Gasteiger partial charge in [0, 0.05) is 34.4 Å². The number of ether oxygens (including phenoxy) is 2. The van der Waals surface area contributed by atoms with Crippen LogP contribution >= 0.6 is 0 Å². The molecule has 11 nitrogen and oxygen atoms in total. The summed E-state index contributed by atoms with van der Waals surface area (Å²) in [7, 11) is 1.32. The molecule has 0 atom stereocenters. The molecular weight excluding hydrogens is 448 g/mol. The Morgan fingerprint density at radius 2 is 1.56 bits per heavy atom. The number of carbonyl (C=O) groups is 3. The van der Waals surface area contributed by atoms with Crippen LogP contribution in [-0.2, 0) is 11.3 Å².